The van der Waals surface area contributed by atoms with Gasteiger partial charge in [0.25, 0.3) is 5.69 Å². The maximum atomic E-state index is 10.8. The van der Waals surface area contributed by atoms with Crippen molar-refractivity contribution in [3.05, 3.63) is 33.4 Å². The summed E-state index contributed by atoms with van der Waals surface area (Å²) in [4.78, 5) is 10.5. The molecule has 0 aliphatic rings. The van der Waals surface area contributed by atoms with Gasteiger partial charge in [-0.2, -0.15) is 0 Å². The highest BCUT2D eigenvalue weighted by Crippen LogP contribution is 2.28. The molecular weight excluding hydrogens is 254 g/mol. The van der Waals surface area contributed by atoms with E-state index in [1.54, 1.807) is 13.0 Å². The minimum absolute atomic E-state index is 0.108. The van der Waals surface area contributed by atoms with Gasteiger partial charge >= 0.3 is 0 Å². The molecule has 1 rings (SSSR count). The summed E-state index contributed by atoms with van der Waals surface area (Å²) in [7, 11) is 0. The van der Waals surface area contributed by atoms with E-state index in [0.717, 1.165) is 24.8 Å². The molecular formula is C13H18ClNO3. The van der Waals surface area contributed by atoms with E-state index in [4.69, 9.17) is 16.3 Å². The van der Waals surface area contributed by atoms with E-state index in [-0.39, 0.29) is 10.6 Å². The van der Waals surface area contributed by atoms with Crippen LogP contribution < -0.4 is 4.74 Å². The topological polar surface area (TPSA) is 52.4 Å². The van der Waals surface area contributed by atoms with Crippen LogP contribution in [0.5, 0.6) is 5.75 Å². The van der Waals surface area contributed by atoms with E-state index >= 15 is 0 Å². The average Bonchev–Trinajstić information content (AvgIpc) is 2.30. The van der Waals surface area contributed by atoms with Crippen molar-refractivity contribution >= 4 is 17.3 Å². The Morgan fingerprint density at radius 2 is 1.94 bits per heavy atom. The standard InChI is InChI=1S/C13H18ClNO3/c1-10-8-11(2)13(9-12(10)15(16)17)18-7-5-3-4-6-14/h8-9H,3-7H2,1-2H3. The van der Waals surface area contributed by atoms with Gasteiger partial charge in [-0.05, 0) is 44.7 Å². The van der Waals surface area contributed by atoms with Crippen LogP contribution in [0.1, 0.15) is 30.4 Å². The number of nitro benzene ring substituents is 1. The molecule has 0 saturated carbocycles. The Kier molecular flexibility index (Phi) is 5.92. The number of hydrogen-bond acceptors (Lipinski definition) is 3. The number of nitro groups is 1. The highest BCUT2D eigenvalue weighted by molar-refractivity contribution is 6.17. The van der Waals surface area contributed by atoms with Crippen LogP contribution in [-0.4, -0.2) is 17.4 Å². The average molecular weight is 272 g/mol. The fourth-order valence-corrected chi connectivity index (χ4v) is 1.92. The monoisotopic (exact) mass is 271 g/mol. The van der Waals surface area contributed by atoms with Gasteiger partial charge in [-0.15, -0.1) is 11.6 Å². The number of alkyl halides is 1. The van der Waals surface area contributed by atoms with E-state index in [1.807, 2.05) is 6.92 Å². The minimum atomic E-state index is -0.380. The molecule has 0 heterocycles. The third-order valence-corrected chi connectivity index (χ3v) is 2.99. The maximum Gasteiger partial charge on any atom is 0.276 e. The second kappa shape index (κ2) is 7.21. The molecule has 4 nitrogen and oxygen atoms in total. The van der Waals surface area contributed by atoms with Crippen LogP contribution in [0.3, 0.4) is 0 Å². The Hall–Kier alpha value is -1.29. The smallest absolute Gasteiger partial charge is 0.276 e. The third kappa shape index (κ3) is 4.18. The van der Waals surface area contributed by atoms with Crippen molar-refractivity contribution in [3.63, 3.8) is 0 Å². The second-order valence-electron chi connectivity index (χ2n) is 4.26. The molecule has 1 aromatic carbocycles. The molecule has 0 aliphatic heterocycles. The first-order chi connectivity index (χ1) is 8.56. The minimum Gasteiger partial charge on any atom is -0.493 e. The first-order valence-corrected chi connectivity index (χ1v) is 6.54. The van der Waals surface area contributed by atoms with Crippen molar-refractivity contribution in [2.75, 3.05) is 12.5 Å². The summed E-state index contributed by atoms with van der Waals surface area (Å²) in [6.45, 7) is 4.19. The van der Waals surface area contributed by atoms with Crippen molar-refractivity contribution in [2.24, 2.45) is 0 Å². The molecule has 0 N–H and O–H groups in total. The van der Waals surface area contributed by atoms with Crippen molar-refractivity contribution in [1.29, 1.82) is 0 Å². The number of rotatable bonds is 7. The molecule has 0 spiro atoms. The van der Waals surface area contributed by atoms with Crippen molar-refractivity contribution in [1.82, 2.24) is 0 Å². The van der Waals surface area contributed by atoms with Gasteiger partial charge in [0, 0.05) is 11.4 Å². The lowest BCUT2D eigenvalue weighted by Gasteiger charge is -2.10. The zero-order chi connectivity index (χ0) is 13.5. The molecule has 0 atom stereocenters. The van der Waals surface area contributed by atoms with Gasteiger partial charge in [0.15, 0.2) is 0 Å². The molecule has 0 aromatic heterocycles. The number of benzene rings is 1. The maximum absolute atomic E-state index is 10.8. The molecule has 0 fully saturated rings. The van der Waals surface area contributed by atoms with Gasteiger partial charge in [0.2, 0.25) is 0 Å². The van der Waals surface area contributed by atoms with Gasteiger partial charge in [-0.1, -0.05) is 0 Å². The highest BCUT2D eigenvalue weighted by atomic mass is 35.5. The van der Waals surface area contributed by atoms with E-state index in [2.05, 4.69) is 0 Å². The number of aryl methyl sites for hydroxylation is 2. The lowest BCUT2D eigenvalue weighted by atomic mass is 10.1. The Morgan fingerprint density at radius 1 is 1.22 bits per heavy atom. The zero-order valence-corrected chi connectivity index (χ0v) is 11.5. The summed E-state index contributed by atoms with van der Waals surface area (Å²) in [5.74, 6) is 1.26. The van der Waals surface area contributed by atoms with Crippen molar-refractivity contribution < 1.29 is 9.66 Å². The Morgan fingerprint density at radius 3 is 2.56 bits per heavy atom. The predicted octanol–water partition coefficient (Wildman–Crippen LogP) is 4.00. The van der Waals surface area contributed by atoms with Crippen LogP contribution in [0.25, 0.3) is 0 Å². The van der Waals surface area contributed by atoms with Crippen molar-refractivity contribution in [2.45, 2.75) is 33.1 Å². The first kappa shape index (κ1) is 14.8. The highest BCUT2D eigenvalue weighted by Gasteiger charge is 2.14. The molecule has 0 saturated heterocycles. The van der Waals surface area contributed by atoms with E-state index in [0.29, 0.717) is 23.8 Å². The molecule has 5 heteroatoms. The summed E-state index contributed by atoms with van der Waals surface area (Å²) in [6.07, 6.45) is 2.89. The number of ether oxygens (including phenoxy) is 1. The van der Waals surface area contributed by atoms with Gasteiger partial charge in [0.1, 0.15) is 5.75 Å². The molecule has 1 aromatic rings. The normalized spacial score (nSPS) is 10.4. The van der Waals surface area contributed by atoms with Crippen LogP contribution in [0, 0.1) is 24.0 Å². The molecule has 18 heavy (non-hydrogen) atoms. The van der Waals surface area contributed by atoms with Crippen LogP contribution in [-0.2, 0) is 0 Å². The number of nitrogens with zero attached hydrogens (tertiary/aromatic N) is 1. The van der Waals surface area contributed by atoms with Crippen LogP contribution in [0.4, 0.5) is 5.69 Å². The van der Waals surface area contributed by atoms with Crippen LogP contribution >= 0.6 is 11.6 Å². The van der Waals surface area contributed by atoms with Gasteiger partial charge < -0.3 is 4.74 Å². The van der Waals surface area contributed by atoms with Gasteiger partial charge in [-0.25, -0.2) is 0 Å². The predicted molar refractivity (Wildman–Crippen MR) is 72.6 cm³/mol. The number of unbranched alkanes of at least 4 members (excludes halogenated alkanes) is 2. The van der Waals surface area contributed by atoms with Gasteiger partial charge in [-0.3, -0.25) is 10.1 Å². The number of hydrogen-bond donors (Lipinski definition) is 0. The van der Waals surface area contributed by atoms with E-state index in [1.165, 1.54) is 6.07 Å². The summed E-state index contributed by atoms with van der Waals surface area (Å²) >= 11 is 5.58. The Labute approximate surface area is 112 Å². The van der Waals surface area contributed by atoms with Crippen LogP contribution in [0.2, 0.25) is 0 Å². The summed E-state index contributed by atoms with van der Waals surface area (Å²) in [5.41, 5.74) is 1.69. The summed E-state index contributed by atoms with van der Waals surface area (Å²) in [6, 6.07) is 3.29. The molecule has 100 valence electrons. The SMILES string of the molecule is Cc1cc(C)c([N+](=O)[O-])cc1OCCCCCCl. The number of halogens is 1. The Bertz CT molecular complexity index is 421. The molecule has 0 bridgehead atoms. The molecule has 0 amide bonds. The second-order valence-corrected chi connectivity index (χ2v) is 4.64. The van der Waals surface area contributed by atoms with Gasteiger partial charge in [0.05, 0.1) is 17.6 Å². The third-order valence-electron chi connectivity index (χ3n) is 2.73. The quantitative estimate of drug-likeness (QED) is 0.326. The lowest BCUT2D eigenvalue weighted by Crippen LogP contribution is -2.01. The molecule has 0 radical (unpaired) electrons. The summed E-state index contributed by atoms with van der Waals surface area (Å²) < 4.78 is 5.58. The van der Waals surface area contributed by atoms with E-state index in [9.17, 15) is 10.1 Å². The van der Waals surface area contributed by atoms with E-state index < -0.39 is 0 Å². The lowest BCUT2D eigenvalue weighted by molar-refractivity contribution is -0.385. The first-order valence-electron chi connectivity index (χ1n) is 6.00. The zero-order valence-electron chi connectivity index (χ0n) is 10.7. The fraction of sp³-hybridized carbons (Fsp3) is 0.538. The fourth-order valence-electron chi connectivity index (χ4n) is 1.73. The van der Waals surface area contributed by atoms with Crippen LogP contribution in [0.15, 0.2) is 12.1 Å². The summed E-state index contributed by atoms with van der Waals surface area (Å²) in [5, 5.41) is 10.8. The van der Waals surface area contributed by atoms with Crippen molar-refractivity contribution in [3.8, 4) is 5.75 Å². The Balaban J connectivity index is 2.65. The molecule has 0 aliphatic carbocycles. The molecule has 0 unspecified atom stereocenters. The largest absolute Gasteiger partial charge is 0.493 e.